The van der Waals surface area contributed by atoms with E-state index in [1.165, 1.54) is 11.3 Å². The van der Waals surface area contributed by atoms with Crippen molar-refractivity contribution in [2.75, 3.05) is 13.7 Å². The van der Waals surface area contributed by atoms with Crippen LogP contribution in [0.2, 0.25) is 0 Å². The van der Waals surface area contributed by atoms with E-state index in [4.69, 9.17) is 24.5 Å². The summed E-state index contributed by atoms with van der Waals surface area (Å²) in [5, 5.41) is 9.03. The topological polar surface area (TPSA) is 103 Å². The number of carbonyl (C=O) groups excluding carboxylic acids is 1. The Bertz CT molecular complexity index is 2150. The van der Waals surface area contributed by atoms with E-state index in [1.807, 2.05) is 78.9 Å². The van der Waals surface area contributed by atoms with Crippen LogP contribution in [0.1, 0.15) is 40.8 Å². The number of hydrogen-bond donors (Lipinski definition) is 0. The molecular weight excluding hydrogens is 598 g/mol. The number of methoxy groups -OCH3 is 1. The molecule has 0 fully saturated rings. The Morgan fingerprint density at radius 2 is 1.70 bits per heavy atom. The van der Waals surface area contributed by atoms with Crippen LogP contribution >= 0.6 is 11.3 Å². The van der Waals surface area contributed by atoms with Gasteiger partial charge in [-0.2, -0.15) is 5.26 Å². The number of nitriles is 1. The molecule has 9 heteroatoms. The van der Waals surface area contributed by atoms with E-state index in [9.17, 15) is 9.59 Å². The number of rotatable bonds is 9. The Morgan fingerprint density at radius 1 is 0.978 bits per heavy atom. The lowest BCUT2D eigenvalue weighted by Crippen LogP contribution is -2.39. The zero-order chi connectivity index (χ0) is 32.0. The molecule has 0 saturated carbocycles. The first kappa shape index (κ1) is 30.3. The highest BCUT2D eigenvalue weighted by Gasteiger charge is 2.35. The summed E-state index contributed by atoms with van der Waals surface area (Å²) in [7, 11) is 1.56. The SMILES string of the molecule is CCOC(=O)C1=C(c2ccccc2)N=c2s/c(=C\c3ccc(OCc4ccc(C#N)cc4)c(OC)c3)c(=O)n2[C@@H]1c1ccccc1. The minimum atomic E-state index is -0.735. The van der Waals surface area contributed by atoms with Crippen LogP contribution in [-0.4, -0.2) is 24.3 Å². The molecule has 0 radical (unpaired) electrons. The summed E-state index contributed by atoms with van der Waals surface area (Å²) in [4.78, 5) is 33.1. The molecule has 0 N–H and O–H groups in total. The summed E-state index contributed by atoms with van der Waals surface area (Å²) >= 11 is 1.26. The first-order valence-corrected chi connectivity index (χ1v) is 15.5. The van der Waals surface area contributed by atoms with Crippen molar-refractivity contribution >= 4 is 29.1 Å². The Balaban J connectivity index is 1.43. The van der Waals surface area contributed by atoms with Crippen LogP contribution < -0.4 is 24.4 Å². The molecule has 0 spiro atoms. The fraction of sp³-hybridized carbons (Fsp3) is 0.135. The van der Waals surface area contributed by atoms with Gasteiger partial charge in [0.25, 0.3) is 5.56 Å². The van der Waals surface area contributed by atoms with Gasteiger partial charge >= 0.3 is 5.97 Å². The van der Waals surface area contributed by atoms with Gasteiger partial charge in [0.1, 0.15) is 6.61 Å². The van der Waals surface area contributed by atoms with Gasteiger partial charge in [0.15, 0.2) is 16.3 Å². The van der Waals surface area contributed by atoms with Crippen molar-refractivity contribution < 1.29 is 19.0 Å². The van der Waals surface area contributed by atoms with Crippen LogP contribution in [0.15, 0.2) is 118 Å². The maximum absolute atomic E-state index is 14.1. The molecule has 0 unspecified atom stereocenters. The molecule has 5 aromatic rings. The molecule has 2 heterocycles. The molecule has 6 rings (SSSR count). The fourth-order valence-corrected chi connectivity index (χ4v) is 6.27. The van der Waals surface area contributed by atoms with Crippen molar-refractivity contribution in [2.45, 2.75) is 19.6 Å². The second-order valence-electron chi connectivity index (χ2n) is 10.3. The molecule has 0 amide bonds. The van der Waals surface area contributed by atoms with Gasteiger partial charge in [0, 0.05) is 5.56 Å². The minimum Gasteiger partial charge on any atom is -0.493 e. The average molecular weight is 628 g/mol. The van der Waals surface area contributed by atoms with Crippen LogP contribution in [-0.2, 0) is 16.1 Å². The quantitative estimate of drug-likeness (QED) is 0.203. The summed E-state index contributed by atoms with van der Waals surface area (Å²) in [6.07, 6.45) is 1.79. The Hall–Kier alpha value is -5.72. The van der Waals surface area contributed by atoms with Gasteiger partial charge in [-0.1, -0.05) is 90.2 Å². The average Bonchev–Trinajstić information content (AvgIpc) is 3.41. The molecule has 0 aliphatic carbocycles. The Kier molecular flexibility index (Phi) is 8.90. The van der Waals surface area contributed by atoms with Crippen molar-refractivity contribution in [1.29, 1.82) is 5.26 Å². The van der Waals surface area contributed by atoms with E-state index < -0.39 is 12.0 Å². The number of hydrogen-bond acceptors (Lipinski definition) is 8. The minimum absolute atomic E-state index is 0.186. The third kappa shape index (κ3) is 6.11. The summed E-state index contributed by atoms with van der Waals surface area (Å²) in [5.41, 5.74) is 4.27. The van der Waals surface area contributed by atoms with Crippen molar-refractivity contribution in [2.24, 2.45) is 4.99 Å². The smallest absolute Gasteiger partial charge is 0.338 e. The van der Waals surface area contributed by atoms with Crippen LogP contribution in [0.3, 0.4) is 0 Å². The van der Waals surface area contributed by atoms with E-state index in [0.29, 0.717) is 44.3 Å². The fourth-order valence-electron chi connectivity index (χ4n) is 5.27. The van der Waals surface area contributed by atoms with Gasteiger partial charge in [-0.25, -0.2) is 9.79 Å². The number of ether oxygens (including phenoxy) is 3. The maximum atomic E-state index is 14.1. The lowest BCUT2D eigenvalue weighted by atomic mass is 9.93. The van der Waals surface area contributed by atoms with Gasteiger partial charge in [-0.05, 0) is 54.0 Å². The van der Waals surface area contributed by atoms with Gasteiger partial charge in [-0.15, -0.1) is 0 Å². The van der Waals surface area contributed by atoms with Crippen LogP contribution in [0.25, 0.3) is 11.8 Å². The molecule has 4 aromatic carbocycles. The molecule has 1 aliphatic rings. The van der Waals surface area contributed by atoms with Crippen LogP contribution in [0.4, 0.5) is 0 Å². The van der Waals surface area contributed by atoms with Gasteiger partial charge in [0.05, 0.1) is 47.2 Å². The molecule has 0 saturated heterocycles. The molecule has 1 aliphatic heterocycles. The summed E-state index contributed by atoms with van der Waals surface area (Å²) < 4.78 is 19.2. The number of carbonyl (C=O) groups is 1. The van der Waals surface area contributed by atoms with Crippen molar-refractivity contribution in [1.82, 2.24) is 4.57 Å². The highest BCUT2D eigenvalue weighted by atomic mass is 32.1. The van der Waals surface area contributed by atoms with E-state index in [1.54, 1.807) is 48.9 Å². The molecule has 1 aromatic heterocycles. The molecule has 0 bridgehead atoms. The number of nitrogens with zero attached hydrogens (tertiary/aromatic N) is 3. The first-order chi connectivity index (χ1) is 22.5. The van der Waals surface area contributed by atoms with Crippen molar-refractivity contribution in [3.05, 3.63) is 156 Å². The number of fused-ring (bicyclic) bond motifs is 1. The lowest BCUT2D eigenvalue weighted by molar-refractivity contribution is -0.138. The van der Waals surface area contributed by atoms with Gasteiger partial charge < -0.3 is 14.2 Å². The first-order valence-electron chi connectivity index (χ1n) is 14.6. The predicted octanol–water partition coefficient (Wildman–Crippen LogP) is 5.39. The highest BCUT2D eigenvalue weighted by Crippen LogP contribution is 2.35. The maximum Gasteiger partial charge on any atom is 0.338 e. The molecule has 8 nitrogen and oxygen atoms in total. The number of benzene rings is 4. The summed E-state index contributed by atoms with van der Waals surface area (Å²) in [6.45, 7) is 2.24. The van der Waals surface area contributed by atoms with E-state index >= 15 is 0 Å². The monoisotopic (exact) mass is 627 g/mol. The Morgan fingerprint density at radius 3 is 2.37 bits per heavy atom. The molecule has 1 atom stereocenters. The molecule has 228 valence electrons. The highest BCUT2D eigenvalue weighted by molar-refractivity contribution is 7.07. The standard InChI is InChI=1S/C37H29N3O5S/c1-3-44-36(42)32-33(27-10-6-4-7-11-27)39-37-40(34(32)28-12-8-5-9-13-28)35(41)31(46-37)21-26-18-19-29(30(20-26)43-2)45-23-25-16-14-24(22-38)15-17-25/h4-21,34H,3,23H2,1-2H3/b31-21-/t34-/m1/s1. The third-order valence-corrected chi connectivity index (χ3v) is 8.43. The summed E-state index contributed by atoms with van der Waals surface area (Å²) in [6, 6.07) is 32.9. The van der Waals surface area contributed by atoms with E-state index in [-0.39, 0.29) is 12.2 Å². The second-order valence-corrected chi connectivity index (χ2v) is 11.4. The number of esters is 1. The van der Waals surface area contributed by atoms with Gasteiger partial charge in [0.2, 0.25) is 0 Å². The van der Waals surface area contributed by atoms with Crippen molar-refractivity contribution in [3.8, 4) is 17.6 Å². The van der Waals surface area contributed by atoms with Gasteiger partial charge in [-0.3, -0.25) is 9.36 Å². The largest absolute Gasteiger partial charge is 0.493 e. The number of thiazole rings is 1. The van der Waals surface area contributed by atoms with Crippen molar-refractivity contribution in [3.63, 3.8) is 0 Å². The molecule has 46 heavy (non-hydrogen) atoms. The zero-order valence-corrected chi connectivity index (χ0v) is 26.0. The Labute approximate surface area is 269 Å². The van der Waals surface area contributed by atoms with Crippen LogP contribution in [0.5, 0.6) is 11.5 Å². The second kappa shape index (κ2) is 13.5. The van der Waals surface area contributed by atoms with Crippen LogP contribution in [0, 0.1) is 11.3 Å². The zero-order valence-electron chi connectivity index (χ0n) is 25.2. The predicted molar refractivity (Wildman–Crippen MR) is 176 cm³/mol. The molecular formula is C37H29N3O5S. The third-order valence-electron chi connectivity index (χ3n) is 7.45. The van der Waals surface area contributed by atoms with E-state index in [2.05, 4.69) is 6.07 Å². The normalized spacial score (nSPS) is 14.2. The summed E-state index contributed by atoms with van der Waals surface area (Å²) in [5.74, 6) is 0.531. The lowest BCUT2D eigenvalue weighted by Gasteiger charge is -2.25. The number of aromatic nitrogens is 1. The van der Waals surface area contributed by atoms with E-state index in [0.717, 1.165) is 22.3 Å².